The number of imidazole rings is 1. The van der Waals surface area contributed by atoms with Crippen molar-refractivity contribution in [1.29, 1.82) is 0 Å². The number of rotatable bonds is 3. The van der Waals surface area contributed by atoms with E-state index >= 15 is 0 Å². The van der Waals surface area contributed by atoms with Crippen molar-refractivity contribution < 1.29 is 0 Å². The molecule has 0 radical (unpaired) electrons. The van der Waals surface area contributed by atoms with Crippen molar-refractivity contribution in [3.63, 3.8) is 0 Å². The van der Waals surface area contributed by atoms with Crippen molar-refractivity contribution in [2.24, 2.45) is 5.92 Å². The molecule has 3 heteroatoms. The van der Waals surface area contributed by atoms with Gasteiger partial charge in [0.25, 0.3) is 0 Å². The van der Waals surface area contributed by atoms with Crippen LogP contribution >= 0.6 is 0 Å². The Labute approximate surface area is 114 Å². The second kappa shape index (κ2) is 5.08. The van der Waals surface area contributed by atoms with Gasteiger partial charge >= 0.3 is 0 Å². The lowest BCUT2D eigenvalue weighted by Crippen LogP contribution is -2.18. The smallest absolute Gasteiger partial charge is 0.126 e. The first-order chi connectivity index (χ1) is 9.24. The largest absolute Gasteiger partial charge is 0.384 e. The molecular formula is C16H21N3. The molecule has 0 fully saturated rings. The summed E-state index contributed by atoms with van der Waals surface area (Å²) in [6.07, 6.45) is 4.22. The predicted molar refractivity (Wildman–Crippen MR) is 78.0 cm³/mol. The highest BCUT2D eigenvalue weighted by Crippen LogP contribution is 2.25. The third kappa shape index (κ3) is 2.50. The fraction of sp³-hybridized carbons (Fsp3) is 0.438. The topological polar surface area (TPSA) is 43.8 Å². The number of nitrogens with two attached hydrogens (primary N) is 1. The van der Waals surface area contributed by atoms with Crippen LogP contribution in [0.5, 0.6) is 0 Å². The molecule has 1 atom stereocenters. The van der Waals surface area contributed by atoms with Crippen LogP contribution in [-0.4, -0.2) is 9.55 Å². The number of anilines is 1. The van der Waals surface area contributed by atoms with Crippen LogP contribution in [-0.2, 0) is 25.8 Å². The Balaban J connectivity index is 1.75. The van der Waals surface area contributed by atoms with Gasteiger partial charge in [-0.05, 0) is 30.7 Å². The van der Waals surface area contributed by atoms with Crippen LogP contribution in [0.15, 0.2) is 30.3 Å². The summed E-state index contributed by atoms with van der Waals surface area (Å²) in [4.78, 5) is 4.75. The molecule has 0 aliphatic carbocycles. The second-order valence-electron chi connectivity index (χ2n) is 5.60. The van der Waals surface area contributed by atoms with Gasteiger partial charge in [0.2, 0.25) is 0 Å². The maximum absolute atomic E-state index is 6.23. The van der Waals surface area contributed by atoms with Gasteiger partial charge in [-0.15, -0.1) is 0 Å². The summed E-state index contributed by atoms with van der Waals surface area (Å²) in [5, 5.41) is 0. The summed E-state index contributed by atoms with van der Waals surface area (Å²) in [5.74, 6) is 2.80. The highest BCUT2D eigenvalue weighted by atomic mass is 15.1. The van der Waals surface area contributed by atoms with Crippen LogP contribution in [0.2, 0.25) is 0 Å². The average molecular weight is 255 g/mol. The molecule has 100 valence electrons. The normalized spacial score (nSPS) is 18.3. The third-order valence-electron chi connectivity index (χ3n) is 4.03. The summed E-state index contributed by atoms with van der Waals surface area (Å²) in [7, 11) is 0. The van der Waals surface area contributed by atoms with Gasteiger partial charge in [0.1, 0.15) is 11.6 Å². The van der Waals surface area contributed by atoms with Gasteiger partial charge < -0.3 is 10.3 Å². The Morgan fingerprint density at radius 3 is 2.84 bits per heavy atom. The number of aromatic nitrogens is 2. The molecule has 3 nitrogen and oxygen atoms in total. The third-order valence-corrected chi connectivity index (χ3v) is 4.03. The van der Waals surface area contributed by atoms with E-state index in [9.17, 15) is 0 Å². The molecule has 19 heavy (non-hydrogen) atoms. The first kappa shape index (κ1) is 12.3. The Morgan fingerprint density at radius 1 is 1.26 bits per heavy atom. The van der Waals surface area contributed by atoms with Gasteiger partial charge in [-0.1, -0.05) is 37.3 Å². The summed E-state index contributed by atoms with van der Waals surface area (Å²) >= 11 is 0. The molecular weight excluding hydrogens is 234 g/mol. The lowest BCUT2D eigenvalue weighted by Gasteiger charge is -2.20. The van der Waals surface area contributed by atoms with E-state index in [4.69, 9.17) is 10.7 Å². The average Bonchev–Trinajstić information content (AvgIpc) is 2.74. The lowest BCUT2D eigenvalue weighted by atomic mass is 10.0. The molecule has 1 unspecified atom stereocenters. The van der Waals surface area contributed by atoms with E-state index in [0.717, 1.165) is 43.2 Å². The van der Waals surface area contributed by atoms with E-state index in [-0.39, 0.29) is 0 Å². The minimum atomic E-state index is 0.733. The Hall–Kier alpha value is -1.77. The number of fused-ring (bicyclic) bond motifs is 1. The van der Waals surface area contributed by atoms with Crippen molar-refractivity contribution in [1.82, 2.24) is 9.55 Å². The van der Waals surface area contributed by atoms with Crippen molar-refractivity contribution in [3.05, 3.63) is 47.4 Å². The van der Waals surface area contributed by atoms with Crippen molar-refractivity contribution >= 4 is 5.82 Å². The maximum atomic E-state index is 6.23. The van der Waals surface area contributed by atoms with Gasteiger partial charge in [-0.3, -0.25) is 0 Å². The molecule has 1 aliphatic heterocycles. The Bertz CT molecular complexity index is 557. The first-order valence-corrected chi connectivity index (χ1v) is 7.11. The SMILES string of the molecule is CC1CCn2c(nc(CCc3ccccc3)c2N)C1. The fourth-order valence-corrected chi connectivity index (χ4v) is 2.83. The quantitative estimate of drug-likeness (QED) is 0.916. The number of aryl methyl sites for hydroxylation is 2. The molecule has 1 aliphatic rings. The monoisotopic (exact) mass is 255 g/mol. The van der Waals surface area contributed by atoms with Crippen molar-refractivity contribution in [2.75, 3.05) is 5.73 Å². The van der Waals surface area contributed by atoms with Gasteiger partial charge in [0, 0.05) is 13.0 Å². The summed E-state index contributed by atoms with van der Waals surface area (Å²) < 4.78 is 2.21. The van der Waals surface area contributed by atoms with E-state index in [1.807, 2.05) is 0 Å². The number of benzene rings is 1. The zero-order valence-electron chi connectivity index (χ0n) is 11.5. The molecule has 2 aromatic rings. The van der Waals surface area contributed by atoms with E-state index in [1.54, 1.807) is 0 Å². The number of nitrogens with zero attached hydrogens (tertiary/aromatic N) is 2. The Kier molecular flexibility index (Phi) is 3.28. The predicted octanol–water partition coefficient (Wildman–Crippen LogP) is 2.83. The Morgan fingerprint density at radius 2 is 2.05 bits per heavy atom. The summed E-state index contributed by atoms with van der Waals surface area (Å²) in [6, 6.07) is 10.5. The van der Waals surface area contributed by atoms with Crippen LogP contribution in [0.4, 0.5) is 5.82 Å². The van der Waals surface area contributed by atoms with E-state index < -0.39 is 0 Å². The van der Waals surface area contributed by atoms with E-state index in [2.05, 4.69) is 41.8 Å². The minimum Gasteiger partial charge on any atom is -0.384 e. The van der Waals surface area contributed by atoms with Crippen LogP contribution in [0.3, 0.4) is 0 Å². The highest BCUT2D eigenvalue weighted by molar-refractivity contribution is 5.39. The fourth-order valence-electron chi connectivity index (χ4n) is 2.83. The molecule has 0 amide bonds. The van der Waals surface area contributed by atoms with Crippen LogP contribution in [0, 0.1) is 5.92 Å². The summed E-state index contributed by atoms with van der Waals surface area (Å²) in [6.45, 7) is 3.32. The molecule has 0 saturated carbocycles. The molecule has 2 N–H and O–H groups in total. The van der Waals surface area contributed by atoms with E-state index in [1.165, 1.54) is 17.8 Å². The summed E-state index contributed by atoms with van der Waals surface area (Å²) in [5.41, 5.74) is 8.66. The molecule has 1 aromatic carbocycles. The van der Waals surface area contributed by atoms with E-state index in [0.29, 0.717) is 0 Å². The minimum absolute atomic E-state index is 0.733. The molecule has 0 spiro atoms. The number of hydrogen-bond donors (Lipinski definition) is 1. The zero-order chi connectivity index (χ0) is 13.2. The lowest BCUT2D eigenvalue weighted by molar-refractivity contribution is 0.412. The molecule has 0 saturated heterocycles. The maximum Gasteiger partial charge on any atom is 0.126 e. The molecule has 1 aromatic heterocycles. The van der Waals surface area contributed by atoms with Crippen LogP contribution < -0.4 is 5.73 Å². The second-order valence-corrected chi connectivity index (χ2v) is 5.60. The zero-order valence-corrected chi connectivity index (χ0v) is 11.5. The van der Waals surface area contributed by atoms with Gasteiger partial charge in [-0.25, -0.2) is 4.98 Å². The number of nitrogen functional groups attached to an aromatic ring is 1. The van der Waals surface area contributed by atoms with Crippen LogP contribution in [0.1, 0.15) is 30.4 Å². The molecule has 2 heterocycles. The number of hydrogen-bond acceptors (Lipinski definition) is 2. The van der Waals surface area contributed by atoms with Crippen molar-refractivity contribution in [2.45, 2.75) is 39.2 Å². The molecule has 3 rings (SSSR count). The first-order valence-electron chi connectivity index (χ1n) is 7.11. The highest BCUT2D eigenvalue weighted by Gasteiger charge is 2.21. The standard InChI is InChI=1S/C16H21N3/c1-12-9-10-19-15(11-12)18-14(16(19)17)8-7-13-5-3-2-4-6-13/h2-6,12H,7-11,17H2,1H3. The van der Waals surface area contributed by atoms with Gasteiger partial charge in [0.05, 0.1) is 5.69 Å². The molecule has 0 bridgehead atoms. The van der Waals surface area contributed by atoms with Crippen molar-refractivity contribution in [3.8, 4) is 0 Å². The van der Waals surface area contributed by atoms with Gasteiger partial charge in [-0.2, -0.15) is 0 Å². The van der Waals surface area contributed by atoms with Gasteiger partial charge in [0.15, 0.2) is 0 Å². The van der Waals surface area contributed by atoms with Crippen LogP contribution in [0.25, 0.3) is 0 Å².